The molecule has 0 radical (unpaired) electrons. The number of nitrogens with zero attached hydrogens (tertiary/aromatic N) is 2. The molecule has 0 amide bonds. The van der Waals surface area contributed by atoms with E-state index in [1.165, 1.54) is 0 Å². The van der Waals surface area contributed by atoms with Crippen LogP contribution in [0.15, 0.2) is 12.4 Å². The average molecular weight is 167 g/mol. The SMILES string of the molecule is CC.CC1CNc2nccn2C1. The largest absolute Gasteiger partial charge is 0.355 e. The van der Waals surface area contributed by atoms with Gasteiger partial charge in [-0.05, 0) is 5.92 Å². The molecule has 0 aliphatic carbocycles. The van der Waals surface area contributed by atoms with E-state index in [4.69, 9.17) is 0 Å². The number of aromatic nitrogens is 2. The number of fused-ring (bicyclic) bond motifs is 1. The molecule has 0 fully saturated rings. The number of hydrogen-bond acceptors (Lipinski definition) is 2. The molecule has 3 heteroatoms. The maximum Gasteiger partial charge on any atom is 0.202 e. The molecular weight excluding hydrogens is 150 g/mol. The molecule has 12 heavy (non-hydrogen) atoms. The summed E-state index contributed by atoms with van der Waals surface area (Å²) in [6.45, 7) is 8.38. The molecule has 1 atom stereocenters. The van der Waals surface area contributed by atoms with Gasteiger partial charge in [0.05, 0.1) is 0 Å². The summed E-state index contributed by atoms with van der Waals surface area (Å²) in [5.41, 5.74) is 0. The molecule has 3 nitrogen and oxygen atoms in total. The van der Waals surface area contributed by atoms with Crippen LogP contribution >= 0.6 is 0 Å². The van der Waals surface area contributed by atoms with E-state index in [0.717, 1.165) is 25.0 Å². The van der Waals surface area contributed by atoms with Gasteiger partial charge < -0.3 is 9.88 Å². The van der Waals surface area contributed by atoms with Gasteiger partial charge >= 0.3 is 0 Å². The topological polar surface area (TPSA) is 29.9 Å². The van der Waals surface area contributed by atoms with E-state index in [9.17, 15) is 0 Å². The standard InChI is InChI=1S/C7H11N3.C2H6/c1-6-4-9-7-8-2-3-10(7)5-6;1-2/h2-3,6H,4-5H2,1H3,(H,8,9);1-2H3. The maximum atomic E-state index is 4.14. The van der Waals surface area contributed by atoms with E-state index in [0.29, 0.717) is 0 Å². The quantitative estimate of drug-likeness (QED) is 0.640. The van der Waals surface area contributed by atoms with Gasteiger partial charge in [0, 0.05) is 25.5 Å². The van der Waals surface area contributed by atoms with Crippen molar-refractivity contribution < 1.29 is 0 Å². The van der Waals surface area contributed by atoms with Crippen LogP contribution in [-0.4, -0.2) is 16.1 Å². The zero-order valence-corrected chi connectivity index (χ0v) is 8.04. The molecule has 2 heterocycles. The Hall–Kier alpha value is -0.990. The van der Waals surface area contributed by atoms with Gasteiger partial charge in [-0.1, -0.05) is 20.8 Å². The number of imidazole rings is 1. The van der Waals surface area contributed by atoms with Crippen LogP contribution in [0.4, 0.5) is 5.95 Å². The predicted molar refractivity (Wildman–Crippen MR) is 51.2 cm³/mol. The molecular formula is C9H17N3. The molecule has 0 saturated heterocycles. The van der Waals surface area contributed by atoms with Crippen LogP contribution in [0.2, 0.25) is 0 Å². The van der Waals surface area contributed by atoms with Gasteiger partial charge in [-0.2, -0.15) is 0 Å². The number of rotatable bonds is 0. The van der Waals surface area contributed by atoms with E-state index in [2.05, 4.69) is 21.8 Å². The lowest BCUT2D eigenvalue weighted by atomic mass is 10.1. The summed E-state index contributed by atoms with van der Waals surface area (Å²) in [6.07, 6.45) is 3.85. The molecule has 1 aromatic heterocycles. The van der Waals surface area contributed by atoms with Gasteiger partial charge in [0.1, 0.15) is 0 Å². The molecule has 0 aromatic carbocycles. The van der Waals surface area contributed by atoms with Crippen LogP contribution in [0.1, 0.15) is 20.8 Å². The highest BCUT2D eigenvalue weighted by atomic mass is 15.2. The van der Waals surface area contributed by atoms with E-state index in [-0.39, 0.29) is 0 Å². The van der Waals surface area contributed by atoms with Gasteiger partial charge in [-0.25, -0.2) is 4.98 Å². The third-order valence-electron chi connectivity index (χ3n) is 1.83. The van der Waals surface area contributed by atoms with Gasteiger partial charge in [0.25, 0.3) is 0 Å². The second-order valence-corrected chi connectivity index (χ2v) is 2.89. The first-order valence-corrected chi connectivity index (χ1v) is 4.61. The van der Waals surface area contributed by atoms with Gasteiger partial charge in [-0.15, -0.1) is 0 Å². The van der Waals surface area contributed by atoms with Crippen molar-refractivity contribution in [1.82, 2.24) is 9.55 Å². The Bertz CT molecular complexity index is 229. The second-order valence-electron chi connectivity index (χ2n) is 2.89. The third kappa shape index (κ3) is 1.78. The minimum Gasteiger partial charge on any atom is -0.355 e. The zero-order chi connectivity index (χ0) is 8.97. The van der Waals surface area contributed by atoms with Crippen molar-refractivity contribution in [2.75, 3.05) is 11.9 Å². The molecule has 1 aliphatic heterocycles. The van der Waals surface area contributed by atoms with Gasteiger partial charge in [0.15, 0.2) is 0 Å². The van der Waals surface area contributed by atoms with Crippen molar-refractivity contribution >= 4 is 5.95 Å². The molecule has 0 spiro atoms. The number of anilines is 1. The van der Waals surface area contributed by atoms with Crippen LogP contribution in [-0.2, 0) is 6.54 Å². The monoisotopic (exact) mass is 167 g/mol. The minimum absolute atomic E-state index is 0.724. The smallest absolute Gasteiger partial charge is 0.202 e. The van der Waals surface area contributed by atoms with E-state index < -0.39 is 0 Å². The van der Waals surface area contributed by atoms with Crippen molar-refractivity contribution in [1.29, 1.82) is 0 Å². The van der Waals surface area contributed by atoms with Crippen molar-refractivity contribution in [3.8, 4) is 0 Å². The Morgan fingerprint density at radius 3 is 3.08 bits per heavy atom. The first kappa shape index (κ1) is 9.10. The maximum absolute atomic E-state index is 4.14. The van der Waals surface area contributed by atoms with Crippen LogP contribution < -0.4 is 5.32 Å². The van der Waals surface area contributed by atoms with E-state index in [1.54, 1.807) is 0 Å². The molecule has 1 aliphatic rings. The molecule has 1 N–H and O–H groups in total. The van der Waals surface area contributed by atoms with E-state index in [1.807, 2.05) is 26.2 Å². The lowest BCUT2D eigenvalue weighted by Gasteiger charge is -2.21. The lowest BCUT2D eigenvalue weighted by Crippen LogP contribution is -2.24. The Morgan fingerprint density at radius 2 is 2.33 bits per heavy atom. The van der Waals surface area contributed by atoms with Crippen molar-refractivity contribution in [2.24, 2.45) is 5.92 Å². The van der Waals surface area contributed by atoms with Crippen molar-refractivity contribution in [3.05, 3.63) is 12.4 Å². The Labute approximate surface area is 73.8 Å². The van der Waals surface area contributed by atoms with Gasteiger partial charge in [0.2, 0.25) is 5.95 Å². The molecule has 0 bridgehead atoms. The Kier molecular flexibility index (Phi) is 3.14. The fourth-order valence-corrected chi connectivity index (χ4v) is 1.29. The lowest BCUT2D eigenvalue weighted by molar-refractivity contribution is 0.477. The molecule has 2 rings (SSSR count). The van der Waals surface area contributed by atoms with E-state index >= 15 is 0 Å². The Morgan fingerprint density at radius 1 is 1.58 bits per heavy atom. The van der Waals surface area contributed by atoms with Crippen LogP contribution in [0.5, 0.6) is 0 Å². The molecule has 1 unspecified atom stereocenters. The first-order valence-electron chi connectivity index (χ1n) is 4.61. The molecule has 68 valence electrons. The zero-order valence-electron chi connectivity index (χ0n) is 8.04. The summed E-state index contributed by atoms with van der Waals surface area (Å²) < 4.78 is 2.15. The second kappa shape index (κ2) is 4.14. The predicted octanol–water partition coefficient (Wildman–Crippen LogP) is 1.97. The van der Waals surface area contributed by atoms with Crippen LogP contribution in [0, 0.1) is 5.92 Å². The summed E-state index contributed by atoms with van der Waals surface area (Å²) in [6, 6.07) is 0. The van der Waals surface area contributed by atoms with Crippen molar-refractivity contribution in [3.63, 3.8) is 0 Å². The summed E-state index contributed by atoms with van der Waals surface area (Å²) >= 11 is 0. The van der Waals surface area contributed by atoms with Crippen molar-refractivity contribution in [2.45, 2.75) is 27.3 Å². The van der Waals surface area contributed by atoms with Gasteiger partial charge in [-0.3, -0.25) is 0 Å². The highest BCUT2D eigenvalue weighted by molar-refractivity contribution is 5.27. The fourth-order valence-electron chi connectivity index (χ4n) is 1.29. The third-order valence-corrected chi connectivity index (χ3v) is 1.83. The fraction of sp³-hybridized carbons (Fsp3) is 0.667. The average Bonchev–Trinajstić information content (AvgIpc) is 2.54. The highest BCUT2D eigenvalue weighted by Gasteiger charge is 2.12. The summed E-state index contributed by atoms with van der Waals surface area (Å²) in [5.74, 6) is 1.74. The summed E-state index contributed by atoms with van der Waals surface area (Å²) in [4.78, 5) is 4.14. The number of hydrogen-bond donors (Lipinski definition) is 1. The summed E-state index contributed by atoms with van der Waals surface area (Å²) in [5, 5.41) is 3.24. The highest BCUT2D eigenvalue weighted by Crippen LogP contribution is 2.13. The molecule has 1 aromatic rings. The Balaban J connectivity index is 0.000000336. The van der Waals surface area contributed by atoms with Crippen LogP contribution in [0.3, 0.4) is 0 Å². The number of nitrogens with one attached hydrogen (secondary N) is 1. The minimum atomic E-state index is 0.724. The van der Waals surface area contributed by atoms with Crippen LogP contribution in [0.25, 0.3) is 0 Å². The molecule has 0 saturated carbocycles. The normalized spacial score (nSPS) is 20.1. The first-order chi connectivity index (χ1) is 5.86. The summed E-state index contributed by atoms with van der Waals surface area (Å²) in [7, 11) is 0.